The van der Waals surface area contributed by atoms with Gasteiger partial charge >= 0.3 is 0 Å². The summed E-state index contributed by atoms with van der Waals surface area (Å²) in [6.07, 6.45) is 4.80. The molecule has 33 heavy (non-hydrogen) atoms. The van der Waals surface area contributed by atoms with Crippen LogP contribution < -0.4 is 14.4 Å². The second-order valence-electron chi connectivity index (χ2n) is 9.06. The number of ether oxygens (including phenoxy) is 1. The van der Waals surface area contributed by atoms with Crippen LogP contribution in [0.5, 0.6) is 5.75 Å². The van der Waals surface area contributed by atoms with Crippen molar-refractivity contribution < 1.29 is 22.3 Å². The van der Waals surface area contributed by atoms with Gasteiger partial charge in [-0.3, -0.25) is 4.79 Å². The summed E-state index contributed by atoms with van der Waals surface area (Å²) in [5.74, 6) is -0.448. The number of sulfonamides is 1. The van der Waals surface area contributed by atoms with Crippen LogP contribution in [0.1, 0.15) is 55.6 Å². The molecule has 1 saturated heterocycles. The first kappa shape index (κ1) is 23.0. The van der Waals surface area contributed by atoms with E-state index in [9.17, 15) is 17.6 Å². The number of anilines is 1. The van der Waals surface area contributed by atoms with E-state index < -0.39 is 20.7 Å². The number of hydrogen-bond acceptors (Lipinski definition) is 6. The van der Waals surface area contributed by atoms with Crippen LogP contribution in [0.3, 0.4) is 0 Å². The summed E-state index contributed by atoms with van der Waals surface area (Å²) in [6, 6.07) is 8.07. The third kappa shape index (κ3) is 4.27. The van der Waals surface area contributed by atoms with Gasteiger partial charge in [0, 0.05) is 24.0 Å². The smallest absolute Gasteiger partial charge is 0.268 e. The lowest BCUT2D eigenvalue weighted by Crippen LogP contribution is -2.42. The topological polar surface area (TPSA) is 93.0 Å². The largest absolute Gasteiger partial charge is 0.496 e. The van der Waals surface area contributed by atoms with E-state index in [4.69, 9.17) is 4.74 Å². The van der Waals surface area contributed by atoms with Gasteiger partial charge in [0.05, 0.1) is 35.2 Å². The predicted molar refractivity (Wildman–Crippen MR) is 124 cm³/mol. The Morgan fingerprint density at radius 3 is 2.70 bits per heavy atom. The minimum atomic E-state index is -3.87. The van der Waals surface area contributed by atoms with Crippen LogP contribution in [-0.4, -0.2) is 42.3 Å². The molecule has 0 aliphatic carbocycles. The van der Waals surface area contributed by atoms with E-state index in [-0.39, 0.29) is 17.4 Å². The number of carbonyl (C=O) groups excluding carboxylic acids is 1. The van der Waals surface area contributed by atoms with Gasteiger partial charge in [-0.2, -0.15) is 5.10 Å². The fraction of sp³-hybridized carbons (Fsp3) is 0.391. The lowest BCUT2D eigenvalue weighted by Gasteiger charge is -2.28. The average molecular weight is 475 g/mol. The lowest BCUT2D eigenvalue weighted by molar-refractivity contribution is 0.0982. The lowest BCUT2D eigenvalue weighted by atomic mass is 10.0. The molecule has 1 aliphatic heterocycles. The van der Waals surface area contributed by atoms with Crippen LogP contribution >= 0.6 is 0 Å². The molecule has 0 spiro atoms. The number of methoxy groups -OCH3 is 1. The van der Waals surface area contributed by atoms with Crippen molar-refractivity contribution in [2.75, 3.05) is 18.6 Å². The summed E-state index contributed by atoms with van der Waals surface area (Å²) < 4.78 is 46.9. The van der Waals surface area contributed by atoms with Crippen molar-refractivity contribution in [2.45, 2.75) is 44.4 Å². The predicted octanol–water partition coefficient (Wildman–Crippen LogP) is 3.68. The highest BCUT2D eigenvalue weighted by molar-refractivity contribution is 7.91. The molecular weight excluding hydrogens is 447 g/mol. The van der Waals surface area contributed by atoms with Gasteiger partial charge in [-0.05, 0) is 63.9 Å². The molecule has 1 aliphatic rings. The summed E-state index contributed by atoms with van der Waals surface area (Å²) in [5.41, 5.74) is 2.22. The Hall–Kier alpha value is -3.14. The van der Waals surface area contributed by atoms with Gasteiger partial charge in [0.25, 0.3) is 5.91 Å². The zero-order chi connectivity index (χ0) is 24.0. The Bertz CT molecular complexity index is 1310. The molecule has 1 atom stereocenters. The first-order valence-electron chi connectivity index (χ1n) is 10.7. The number of aromatic nitrogens is 2. The third-order valence-electron chi connectivity index (χ3n) is 5.92. The summed E-state index contributed by atoms with van der Waals surface area (Å²) in [4.78, 5) is 14.9. The average Bonchev–Trinajstić information content (AvgIpc) is 3.39. The third-order valence-corrected chi connectivity index (χ3v) is 7.98. The fourth-order valence-electron chi connectivity index (χ4n) is 4.02. The van der Waals surface area contributed by atoms with Gasteiger partial charge in [0.15, 0.2) is 0 Å². The van der Waals surface area contributed by atoms with E-state index in [1.54, 1.807) is 25.4 Å². The molecule has 0 bridgehead atoms. The number of amides is 1. The number of pyridine rings is 1. The number of benzene rings is 1. The van der Waals surface area contributed by atoms with Crippen LogP contribution in [0.25, 0.3) is 5.52 Å². The molecule has 1 unspecified atom stereocenters. The van der Waals surface area contributed by atoms with E-state index in [1.165, 1.54) is 43.6 Å². The van der Waals surface area contributed by atoms with Crippen molar-refractivity contribution in [2.24, 2.45) is 0 Å². The molecule has 10 heteroatoms. The number of fused-ring (bicyclic) bond motifs is 1. The van der Waals surface area contributed by atoms with Crippen molar-refractivity contribution in [1.29, 1.82) is 0 Å². The molecule has 1 fully saturated rings. The Labute approximate surface area is 192 Å². The summed E-state index contributed by atoms with van der Waals surface area (Å²) in [7, 11) is -2.31. The Morgan fingerprint density at radius 2 is 2.00 bits per heavy atom. The summed E-state index contributed by atoms with van der Waals surface area (Å²) in [5, 5.41) is 4.19. The highest BCUT2D eigenvalue weighted by atomic mass is 32.2. The summed E-state index contributed by atoms with van der Waals surface area (Å²) in [6.45, 7) is 5.30. The van der Waals surface area contributed by atoms with Gasteiger partial charge in [-0.1, -0.05) is 0 Å². The van der Waals surface area contributed by atoms with Gasteiger partial charge in [0.1, 0.15) is 11.6 Å². The molecule has 1 aromatic carbocycles. The van der Waals surface area contributed by atoms with Gasteiger partial charge in [-0.25, -0.2) is 22.0 Å². The van der Waals surface area contributed by atoms with E-state index in [2.05, 4.69) is 14.7 Å². The molecule has 1 amide bonds. The second kappa shape index (κ2) is 8.33. The molecule has 0 radical (unpaired) electrons. The highest BCUT2D eigenvalue weighted by Crippen LogP contribution is 2.40. The van der Waals surface area contributed by atoms with E-state index in [0.717, 1.165) is 30.6 Å². The van der Waals surface area contributed by atoms with Gasteiger partial charge in [-0.15, -0.1) is 0 Å². The summed E-state index contributed by atoms with van der Waals surface area (Å²) >= 11 is 0. The zero-order valence-electron chi connectivity index (χ0n) is 19.0. The molecule has 0 saturated carbocycles. The van der Waals surface area contributed by atoms with Crippen molar-refractivity contribution in [3.05, 3.63) is 59.7 Å². The zero-order valence-corrected chi connectivity index (χ0v) is 19.8. The number of nitrogens with zero attached hydrogens (tertiary/aromatic N) is 3. The number of halogens is 1. The van der Waals surface area contributed by atoms with Crippen LogP contribution in [0.2, 0.25) is 0 Å². The normalized spacial score (nSPS) is 16.9. The first-order valence-corrected chi connectivity index (χ1v) is 12.1. The maximum Gasteiger partial charge on any atom is 0.268 e. The van der Waals surface area contributed by atoms with Crippen molar-refractivity contribution in [3.63, 3.8) is 0 Å². The van der Waals surface area contributed by atoms with Crippen molar-refractivity contribution >= 4 is 27.1 Å². The Morgan fingerprint density at radius 1 is 1.24 bits per heavy atom. The number of nitrogens with one attached hydrogen (secondary N) is 1. The molecule has 2 aromatic heterocycles. The fourth-order valence-corrected chi connectivity index (χ4v) is 4.68. The molecule has 4 rings (SSSR count). The van der Waals surface area contributed by atoms with Gasteiger partial charge < -0.3 is 9.64 Å². The quantitative estimate of drug-likeness (QED) is 0.606. The van der Waals surface area contributed by atoms with E-state index in [0.29, 0.717) is 11.3 Å². The monoisotopic (exact) mass is 474 g/mol. The van der Waals surface area contributed by atoms with Crippen LogP contribution in [0, 0.1) is 5.82 Å². The first-order chi connectivity index (χ1) is 15.5. The highest BCUT2D eigenvalue weighted by Gasteiger charge is 2.32. The van der Waals surface area contributed by atoms with Crippen molar-refractivity contribution in [1.82, 2.24) is 14.3 Å². The van der Waals surface area contributed by atoms with Crippen LogP contribution in [-0.2, 0) is 10.0 Å². The van der Waals surface area contributed by atoms with E-state index >= 15 is 0 Å². The van der Waals surface area contributed by atoms with Crippen molar-refractivity contribution in [3.8, 4) is 5.75 Å². The van der Waals surface area contributed by atoms with E-state index in [1.807, 2.05) is 6.07 Å². The Balaban J connectivity index is 1.70. The number of rotatable bonds is 5. The molecule has 176 valence electrons. The SMILES string of the molecule is COc1ccc(F)cc1C1CCCN1c1ccn2ncc(C(=O)NS(=O)(=O)C(C)(C)C)c2c1. The standard InChI is InChI=1S/C23H27FN4O4S/c1-23(2,3)33(30,31)26-22(29)18-14-25-28-11-9-16(13-20(18)28)27-10-5-6-19(27)17-12-15(24)7-8-21(17)32-4/h7-9,11-14,19H,5-6,10H2,1-4H3,(H,26,29). The molecular formula is C23H27FN4O4S. The number of carbonyl (C=O) groups is 1. The Kier molecular flexibility index (Phi) is 5.81. The maximum atomic E-state index is 14.0. The minimum Gasteiger partial charge on any atom is -0.496 e. The molecule has 1 N–H and O–H groups in total. The minimum absolute atomic E-state index is 0.0976. The molecule has 3 aromatic rings. The van der Waals surface area contributed by atoms with Gasteiger partial charge in [0.2, 0.25) is 10.0 Å². The molecule has 8 nitrogen and oxygen atoms in total. The van der Waals surface area contributed by atoms with Crippen LogP contribution in [0.4, 0.5) is 10.1 Å². The van der Waals surface area contributed by atoms with Crippen LogP contribution in [0.15, 0.2) is 42.7 Å². The second-order valence-corrected chi connectivity index (χ2v) is 11.5. The number of hydrogen-bond donors (Lipinski definition) is 1. The maximum absolute atomic E-state index is 14.0. The molecule has 3 heterocycles.